The number of nitrogens with zero attached hydrogens (tertiary/aromatic N) is 1. The molecule has 3 aromatic carbocycles. The number of non-ortho nitro benzene ring substituents is 1. The maximum atomic E-state index is 14.5. The number of benzene rings is 3. The number of ketones is 1. The molecule has 6 nitrogen and oxygen atoms in total. The van der Waals surface area contributed by atoms with Crippen molar-refractivity contribution >= 4 is 28.9 Å². The quantitative estimate of drug-likeness (QED) is 0.210. The molecule has 184 valence electrons. The number of nitro benzene ring substituents is 1. The Morgan fingerprint density at radius 1 is 0.806 bits per heavy atom. The van der Waals surface area contributed by atoms with E-state index in [9.17, 15) is 19.7 Å². The molecule has 0 saturated carbocycles. The van der Waals surface area contributed by atoms with E-state index in [0.717, 1.165) is 28.6 Å². The van der Waals surface area contributed by atoms with Crippen LogP contribution >= 0.6 is 0 Å². The molecule has 4 rings (SSSR count). The molecule has 0 aliphatic heterocycles. The van der Waals surface area contributed by atoms with E-state index in [-0.39, 0.29) is 11.5 Å². The van der Waals surface area contributed by atoms with Crippen molar-refractivity contribution in [3.63, 3.8) is 0 Å². The fourth-order valence-corrected chi connectivity index (χ4v) is 5.31. The van der Waals surface area contributed by atoms with Crippen LogP contribution in [0.15, 0.2) is 84.9 Å². The Bertz CT molecular complexity index is 1320. The van der Waals surface area contributed by atoms with Crippen LogP contribution < -0.4 is 4.74 Å². The van der Waals surface area contributed by atoms with Crippen LogP contribution in [0, 0.1) is 26.9 Å². The lowest BCUT2D eigenvalue weighted by molar-refractivity contribution is -0.384. The van der Waals surface area contributed by atoms with E-state index < -0.39 is 27.8 Å². The zero-order valence-electron chi connectivity index (χ0n) is 20.8. The van der Waals surface area contributed by atoms with Gasteiger partial charge in [-0.1, -0.05) is 67.6 Å². The number of ether oxygens (including phenoxy) is 1. The second-order valence-electron chi connectivity index (χ2n) is 9.65. The molecule has 0 bridgehead atoms. The normalized spacial score (nSPS) is 23.3. The summed E-state index contributed by atoms with van der Waals surface area (Å²) in [6.45, 7) is 7.34. The molecule has 4 unspecified atom stereocenters. The zero-order chi connectivity index (χ0) is 26.1. The summed E-state index contributed by atoms with van der Waals surface area (Å²) in [4.78, 5) is 37.3. The van der Waals surface area contributed by atoms with Crippen molar-refractivity contribution in [2.24, 2.45) is 16.7 Å². The summed E-state index contributed by atoms with van der Waals surface area (Å²) in [7, 11) is 0. The van der Waals surface area contributed by atoms with Gasteiger partial charge in [0.1, 0.15) is 18.1 Å². The Labute approximate surface area is 210 Å². The summed E-state index contributed by atoms with van der Waals surface area (Å²) in [6.07, 6.45) is 0.206. The summed E-state index contributed by atoms with van der Waals surface area (Å²) >= 11 is 0. The van der Waals surface area contributed by atoms with Crippen LogP contribution in [0.2, 0.25) is 0 Å². The second-order valence-corrected chi connectivity index (χ2v) is 9.65. The first kappa shape index (κ1) is 25.0. The fourth-order valence-electron chi connectivity index (χ4n) is 5.31. The minimum atomic E-state index is -1.11. The van der Waals surface area contributed by atoms with E-state index in [1.807, 2.05) is 81.4 Å². The summed E-state index contributed by atoms with van der Waals surface area (Å²) in [5, 5.41) is 11.1. The molecular formula is C30H29NO5. The Morgan fingerprint density at radius 2 is 1.28 bits per heavy atom. The highest BCUT2D eigenvalue weighted by molar-refractivity contribution is 6.22. The van der Waals surface area contributed by atoms with Gasteiger partial charge in [-0.3, -0.25) is 14.9 Å². The van der Waals surface area contributed by atoms with Crippen molar-refractivity contribution in [2.45, 2.75) is 33.8 Å². The average Bonchev–Trinajstić information content (AvgIpc) is 3.09. The van der Waals surface area contributed by atoms with Gasteiger partial charge in [0.2, 0.25) is 0 Å². The molecule has 36 heavy (non-hydrogen) atoms. The monoisotopic (exact) mass is 483 g/mol. The SMILES string of the molecule is CC(C=O)C1(C)C(=O)C(C)(C(C)Oc2ccc([N+](=O)[O-])cc2)C(c2ccccc2)=C1c1ccccc1. The van der Waals surface area contributed by atoms with Crippen LogP contribution in [-0.4, -0.2) is 23.1 Å². The standard InChI is InChI=1S/C30H29NO5/c1-20(19-32)29(3)26(22-11-7-5-8-12-22)27(23-13-9-6-10-14-23)30(4,28(29)33)21(2)36-25-17-15-24(16-18-25)31(34)35/h5-21H,1-4H3. The number of allylic oxidation sites excluding steroid dienone is 1. The molecule has 3 aromatic rings. The zero-order valence-corrected chi connectivity index (χ0v) is 20.8. The maximum Gasteiger partial charge on any atom is 0.269 e. The Hall–Kier alpha value is -4.06. The Morgan fingerprint density at radius 3 is 1.72 bits per heavy atom. The van der Waals surface area contributed by atoms with Crippen molar-refractivity contribution in [3.05, 3.63) is 106 Å². The maximum absolute atomic E-state index is 14.5. The van der Waals surface area contributed by atoms with Crippen molar-refractivity contribution < 1.29 is 19.2 Å². The van der Waals surface area contributed by atoms with E-state index in [4.69, 9.17) is 4.74 Å². The second kappa shape index (κ2) is 9.53. The van der Waals surface area contributed by atoms with Gasteiger partial charge in [0.05, 0.1) is 15.8 Å². The first-order chi connectivity index (χ1) is 17.1. The number of rotatable bonds is 8. The number of nitro groups is 1. The number of aldehydes is 1. The van der Waals surface area contributed by atoms with Gasteiger partial charge in [-0.05, 0) is 55.2 Å². The van der Waals surface area contributed by atoms with Gasteiger partial charge >= 0.3 is 0 Å². The molecule has 0 fully saturated rings. The molecule has 0 saturated heterocycles. The lowest BCUT2D eigenvalue weighted by Gasteiger charge is -2.36. The molecule has 6 heteroatoms. The van der Waals surface area contributed by atoms with Crippen molar-refractivity contribution in [1.82, 2.24) is 0 Å². The number of carbonyl (C=O) groups excluding carboxylic acids is 2. The van der Waals surface area contributed by atoms with Crippen LogP contribution in [0.25, 0.3) is 11.1 Å². The largest absolute Gasteiger partial charge is 0.489 e. The van der Waals surface area contributed by atoms with Gasteiger partial charge in [0.15, 0.2) is 5.78 Å². The highest BCUT2D eigenvalue weighted by Crippen LogP contribution is 2.61. The summed E-state index contributed by atoms with van der Waals surface area (Å²) in [5.41, 5.74) is 1.17. The predicted octanol–water partition coefficient (Wildman–Crippen LogP) is 6.40. The summed E-state index contributed by atoms with van der Waals surface area (Å²) in [6, 6.07) is 25.3. The van der Waals surface area contributed by atoms with Crippen LogP contribution in [0.3, 0.4) is 0 Å². The number of Topliss-reactive ketones (excluding diaryl/α,β-unsaturated/α-hetero) is 1. The Kier molecular flexibility index (Phi) is 6.63. The third-order valence-electron chi connectivity index (χ3n) is 7.65. The average molecular weight is 484 g/mol. The van der Waals surface area contributed by atoms with Crippen LogP contribution in [0.1, 0.15) is 38.8 Å². The molecular weight excluding hydrogens is 454 g/mol. The fraction of sp³-hybridized carbons (Fsp3) is 0.267. The van der Waals surface area contributed by atoms with Gasteiger partial charge in [-0.15, -0.1) is 0 Å². The molecule has 0 amide bonds. The molecule has 1 aliphatic rings. The van der Waals surface area contributed by atoms with Gasteiger partial charge in [0, 0.05) is 18.1 Å². The molecule has 0 N–H and O–H groups in total. The number of carbonyl (C=O) groups is 2. The van der Waals surface area contributed by atoms with Gasteiger partial charge < -0.3 is 9.53 Å². The number of hydrogen-bond donors (Lipinski definition) is 0. The first-order valence-electron chi connectivity index (χ1n) is 11.9. The van der Waals surface area contributed by atoms with E-state index >= 15 is 0 Å². The minimum Gasteiger partial charge on any atom is -0.489 e. The molecule has 0 aromatic heterocycles. The Balaban J connectivity index is 1.94. The summed E-state index contributed by atoms with van der Waals surface area (Å²) < 4.78 is 6.28. The third kappa shape index (κ3) is 3.92. The van der Waals surface area contributed by atoms with Crippen LogP contribution in [0.4, 0.5) is 5.69 Å². The van der Waals surface area contributed by atoms with Crippen LogP contribution in [-0.2, 0) is 9.59 Å². The predicted molar refractivity (Wildman–Crippen MR) is 139 cm³/mol. The molecule has 4 atom stereocenters. The lowest BCUT2D eigenvalue weighted by Crippen LogP contribution is -2.46. The smallest absolute Gasteiger partial charge is 0.269 e. The van der Waals surface area contributed by atoms with E-state index in [0.29, 0.717) is 5.75 Å². The third-order valence-corrected chi connectivity index (χ3v) is 7.65. The molecule has 0 spiro atoms. The van der Waals surface area contributed by atoms with Crippen molar-refractivity contribution in [3.8, 4) is 5.75 Å². The van der Waals surface area contributed by atoms with Crippen molar-refractivity contribution in [2.75, 3.05) is 0 Å². The number of hydrogen-bond acceptors (Lipinski definition) is 5. The highest BCUT2D eigenvalue weighted by atomic mass is 16.6. The van der Waals surface area contributed by atoms with E-state index in [1.54, 1.807) is 6.92 Å². The van der Waals surface area contributed by atoms with E-state index in [2.05, 4.69) is 0 Å². The minimum absolute atomic E-state index is 0.0400. The van der Waals surface area contributed by atoms with Crippen LogP contribution in [0.5, 0.6) is 5.75 Å². The van der Waals surface area contributed by atoms with Gasteiger partial charge in [-0.2, -0.15) is 0 Å². The summed E-state index contributed by atoms with van der Waals surface area (Å²) in [5.74, 6) is -0.248. The van der Waals surface area contributed by atoms with Gasteiger partial charge in [0.25, 0.3) is 5.69 Å². The van der Waals surface area contributed by atoms with E-state index in [1.165, 1.54) is 24.3 Å². The van der Waals surface area contributed by atoms with Gasteiger partial charge in [-0.25, -0.2) is 0 Å². The lowest BCUT2D eigenvalue weighted by atomic mass is 9.67. The molecule has 0 heterocycles. The first-order valence-corrected chi connectivity index (χ1v) is 11.9. The highest BCUT2D eigenvalue weighted by Gasteiger charge is 2.62. The van der Waals surface area contributed by atoms with Crippen molar-refractivity contribution in [1.29, 1.82) is 0 Å². The topological polar surface area (TPSA) is 86.5 Å². The molecule has 0 radical (unpaired) electrons. The molecule has 1 aliphatic carbocycles.